The Hall–Kier alpha value is -0.0800. The summed E-state index contributed by atoms with van der Waals surface area (Å²) >= 11 is 0. The van der Waals surface area contributed by atoms with E-state index in [9.17, 15) is 0 Å². The fourth-order valence-corrected chi connectivity index (χ4v) is 2.01. The molecule has 2 nitrogen and oxygen atoms in total. The van der Waals surface area contributed by atoms with Gasteiger partial charge >= 0.3 is 0 Å². The van der Waals surface area contributed by atoms with Crippen molar-refractivity contribution < 1.29 is 0 Å². The highest BCUT2D eigenvalue weighted by atomic mass is 14.7. The van der Waals surface area contributed by atoms with E-state index in [4.69, 9.17) is 11.5 Å². The molecule has 2 unspecified atom stereocenters. The summed E-state index contributed by atoms with van der Waals surface area (Å²) in [5.74, 6) is 0.765. The van der Waals surface area contributed by atoms with Crippen LogP contribution in [0.5, 0.6) is 0 Å². The molecule has 66 valence electrons. The molecule has 1 saturated carbocycles. The van der Waals surface area contributed by atoms with Gasteiger partial charge in [-0.3, -0.25) is 0 Å². The van der Waals surface area contributed by atoms with Gasteiger partial charge in [-0.15, -0.1) is 0 Å². The SMILES string of the molecule is CC(N)CC(N)C1CCCC1. The zero-order valence-corrected chi connectivity index (χ0v) is 7.42. The van der Waals surface area contributed by atoms with Crippen molar-refractivity contribution in [3.05, 3.63) is 0 Å². The van der Waals surface area contributed by atoms with Gasteiger partial charge in [-0.25, -0.2) is 0 Å². The van der Waals surface area contributed by atoms with Gasteiger partial charge in [0, 0.05) is 12.1 Å². The van der Waals surface area contributed by atoms with E-state index in [2.05, 4.69) is 0 Å². The third kappa shape index (κ3) is 2.80. The second-order valence-corrected chi connectivity index (χ2v) is 3.92. The molecule has 2 atom stereocenters. The van der Waals surface area contributed by atoms with Crippen LogP contribution in [0.15, 0.2) is 0 Å². The molecule has 0 amide bonds. The molecular weight excluding hydrogens is 136 g/mol. The van der Waals surface area contributed by atoms with Crippen molar-refractivity contribution in [2.24, 2.45) is 17.4 Å². The average Bonchev–Trinajstić information content (AvgIpc) is 2.35. The predicted octanol–water partition coefficient (Wildman–Crippen LogP) is 1.24. The number of rotatable bonds is 3. The zero-order chi connectivity index (χ0) is 8.27. The Morgan fingerprint density at radius 3 is 2.27 bits per heavy atom. The number of hydrogen-bond acceptors (Lipinski definition) is 2. The van der Waals surface area contributed by atoms with E-state index in [1.54, 1.807) is 0 Å². The van der Waals surface area contributed by atoms with E-state index in [-0.39, 0.29) is 6.04 Å². The van der Waals surface area contributed by atoms with Crippen LogP contribution in [-0.4, -0.2) is 12.1 Å². The van der Waals surface area contributed by atoms with Crippen LogP contribution in [0.4, 0.5) is 0 Å². The molecule has 0 aliphatic heterocycles. The van der Waals surface area contributed by atoms with Crippen molar-refractivity contribution in [3.63, 3.8) is 0 Å². The van der Waals surface area contributed by atoms with Gasteiger partial charge in [-0.1, -0.05) is 12.8 Å². The van der Waals surface area contributed by atoms with Crippen LogP contribution in [0.2, 0.25) is 0 Å². The molecule has 2 heteroatoms. The van der Waals surface area contributed by atoms with Crippen LogP contribution in [0.1, 0.15) is 39.0 Å². The van der Waals surface area contributed by atoms with E-state index in [0.29, 0.717) is 6.04 Å². The maximum absolute atomic E-state index is 6.00. The molecule has 0 bridgehead atoms. The van der Waals surface area contributed by atoms with E-state index in [0.717, 1.165) is 12.3 Å². The van der Waals surface area contributed by atoms with Gasteiger partial charge in [0.25, 0.3) is 0 Å². The minimum absolute atomic E-state index is 0.269. The van der Waals surface area contributed by atoms with E-state index < -0.39 is 0 Å². The molecule has 4 N–H and O–H groups in total. The Kier molecular flexibility index (Phi) is 3.34. The quantitative estimate of drug-likeness (QED) is 0.646. The molecule has 0 aromatic carbocycles. The first-order valence-corrected chi connectivity index (χ1v) is 4.71. The third-order valence-electron chi connectivity index (χ3n) is 2.65. The lowest BCUT2D eigenvalue weighted by atomic mass is 9.94. The summed E-state index contributed by atoms with van der Waals surface area (Å²) in [5.41, 5.74) is 11.7. The maximum atomic E-state index is 6.00. The summed E-state index contributed by atoms with van der Waals surface area (Å²) in [6, 6.07) is 0.628. The molecule has 0 aromatic rings. The molecule has 0 saturated heterocycles. The van der Waals surface area contributed by atoms with E-state index >= 15 is 0 Å². The highest BCUT2D eigenvalue weighted by Gasteiger charge is 2.22. The normalized spacial score (nSPS) is 25.4. The third-order valence-corrected chi connectivity index (χ3v) is 2.65. The van der Waals surface area contributed by atoms with Crippen molar-refractivity contribution in [3.8, 4) is 0 Å². The van der Waals surface area contributed by atoms with Gasteiger partial charge in [0.05, 0.1) is 0 Å². The van der Waals surface area contributed by atoms with Crippen molar-refractivity contribution in [1.29, 1.82) is 0 Å². The molecule has 0 aromatic heterocycles. The monoisotopic (exact) mass is 156 g/mol. The Bertz CT molecular complexity index is 106. The van der Waals surface area contributed by atoms with Gasteiger partial charge < -0.3 is 11.5 Å². The smallest absolute Gasteiger partial charge is 0.00817 e. The minimum atomic E-state index is 0.269. The van der Waals surface area contributed by atoms with Gasteiger partial charge in [-0.2, -0.15) is 0 Å². The lowest BCUT2D eigenvalue weighted by Crippen LogP contribution is -2.34. The lowest BCUT2D eigenvalue weighted by Gasteiger charge is -2.20. The molecular formula is C9H20N2. The van der Waals surface area contributed by atoms with Gasteiger partial charge in [0.1, 0.15) is 0 Å². The second-order valence-electron chi connectivity index (χ2n) is 3.92. The predicted molar refractivity (Wildman–Crippen MR) is 48.2 cm³/mol. The van der Waals surface area contributed by atoms with Crippen LogP contribution >= 0.6 is 0 Å². The van der Waals surface area contributed by atoms with Crippen LogP contribution in [0, 0.1) is 5.92 Å². The van der Waals surface area contributed by atoms with Crippen LogP contribution in [0.25, 0.3) is 0 Å². The van der Waals surface area contributed by atoms with Gasteiger partial charge in [-0.05, 0) is 32.1 Å². The Balaban J connectivity index is 2.22. The molecule has 1 rings (SSSR count). The summed E-state index contributed by atoms with van der Waals surface area (Å²) in [4.78, 5) is 0. The van der Waals surface area contributed by atoms with Crippen LogP contribution in [-0.2, 0) is 0 Å². The zero-order valence-electron chi connectivity index (χ0n) is 7.42. The lowest BCUT2D eigenvalue weighted by molar-refractivity contribution is 0.390. The van der Waals surface area contributed by atoms with Crippen molar-refractivity contribution in [2.45, 2.75) is 51.1 Å². The largest absolute Gasteiger partial charge is 0.328 e. The summed E-state index contributed by atoms with van der Waals surface area (Å²) in [6.07, 6.45) is 6.39. The molecule has 1 aliphatic carbocycles. The maximum Gasteiger partial charge on any atom is 0.00817 e. The van der Waals surface area contributed by atoms with E-state index in [1.807, 2.05) is 6.92 Å². The number of nitrogens with two attached hydrogens (primary N) is 2. The van der Waals surface area contributed by atoms with Crippen LogP contribution < -0.4 is 11.5 Å². The molecule has 0 spiro atoms. The van der Waals surface area contributed by atoms with Gasteiger partial charge in [0.2, 0.25) is 0 Å². The molecule has 0 heterocycles. The first kappa shape index (κ1) is 9.01. The standard InChI is InChI=1S/C9H20N2/c1-7(10)6-9(11)8-4-2-3-5-8/h7-9H,2-6,10-11H2,1H3. The molecule has 1 aliphatic rings. The average molecular weight is 156 g/mol. The van der Waals surface area contributed by atoms with Crippen molar-refractivity contribution in [1.82, 2.24) is 0 Å². The van der Waals surface area contributed by atoms with Gasteiger partial charge in [0.15, 0.2) is 0 Å². The molecule has 1 fully saturated rings. The van der Waals surface area contributed by atoms with Crippen LogP contribution in [0.3, 0.4) is 0 Å². The topological polar surface area (TPSA) is 52.0 Å². The first-order valence-electron chi connectivity index (χ1n) is 4.71. The Morgan fingerprint density at radius 1 is 1.27 bits per heavy atom. The van der Waals surface area contributed by atoms with Crippen molar-refractivity contribution in [2.75, 3.05) is 0 Å². The fourth-order valence-electron chi connectivity index (χ4n) is 2.01. The highest BCUT2D eigenvalue weighted by Crippen LogP contribution is 2.28. The summed E-state index contributed by atoms with van der Waals surface area (Å²) in [7, 11) is 0. The molecule has 0 radical (unpaired) electrons. The fraction of sp³-hybridized carbons (Fsp3) is 1.00. The van der Waals surface area contributed by atoms with Crippen molar-refractivity contribution >= 4 is 0 Å². The molecule has 11 heavy (non-hydrogen) atoms. The summed E-state index contributed by atoms with van der Waals surface area (Å²) < 4.78 is 0. The minimum Gasteiger partial charge on any atom is -0.328 e. The summed E-state index contributed by atoms with van der Waals surface area (Å²) in [6.45, 7) is 2.04. The Labute approximate surface area is 69.3 Å². The van der Waals surface area contributed by atoms with E-state index in [1.165, 1.54) is 25.7 Å². The highest BCUT2D eigenvalue weighted by molar-refractivity contribution is 4.79. The summed E-state index contributed by atoms with van der Waals surface area (Å²) in [5, 5.41) is 0. The first-order chi connectivity index (χ1) is 5.20. The second kappa shape index (κ2) is 4.07. The number of hydrogen-bond donors (Lipinski definition) is 2. The Morgan fingerprint density at radius 2 is 1.82 bits per heavy atom.